The smallest absolute Gasteiger partial charge is 0.310 e. The number of rotatable bonds is 4. The van der Waals surface area contributed by atoms with Gasteiger partial charge in [0.15, 0.2) is 0 Å². The summed E-state index contributed by atoms with van der Waals surface area (Å²) < 4.78 is 31.2. The highest BCUT2D eigenvalue weighted by atomic mass is 32.2. The van der Waals surface area contributed by atoms with Gasteiger partial charge in [-0.15, -0.1) is 0 Å². The van der Waals surface area contributed by atoms with Crippen molar-refractivity contribution in [1.82, 2.24) is 4.31 Å². The van der Waals surface area contributed by atoms with Gasteiger partial charge in [0, 0.05) is 13.1 Å². The molecular formula is C12H21NO5S. The summed E-state index contributed by atoms with van der Waals surface area (Å²) in [6, 6.07) is 0. The molecule has 0 atom stereocenters. The van der Waals surface area contributed by atoms with E-state index in [1.807, 2.05) is 0 Å². The van der Waals surface area contributed by atoms with Crippen molar-refractivity contribution in [3.63, 3.8) is 0 Å². The monoisotopic (exact) mass is 291 g/mol. The molecule has 1 aliphatic carbocycles. The van der Waals surface area contributed by atoms with E-state index < -0.39 is 21.4 Å². The molecule has 0 spiro atoms. The Morgan fingerprint density at radius 2 is 1.74 bits per heavy atom. The van der Waals surface area contributed by atoms with Gasteiger partial charge in [-0.3, -0.25) is 4.79 Å². The number of carboxylic acid groups (broad SMARTS) is 1. The Balaban J connectivity index is 2.13. The van der Waals surface area contributed by atoms with E-state index >= 15 is 0 Å². The molecule has 0 aromatic carbocycles. The van der Waals surface area contributed by atoms with Gasteiger partial charge >= 0.3 is 5.97 Å². The Morgan fingerprint density at radius 3 is 2.26 bits per heavy atom. The molecule has 1 saturated heterocycles. The highest BCUT2D eigenvalue weighted by molar-refractivity contribution is 7.89. The third-order valence-corrected chi connectivity index (χ3v) is 6.16. The molecule has 2 fully saturated rings. The number of nitrogens with zero attached hydrogens (tertiary/aromatic N) is 1. The van der Waals surface area contributed by atoms with Crippen molar-refractivity contribution in [2.75, 3.05) is 32.1 Å². The molecule has 6 nitrogen and oxygen atoms in total. The Labute approximate surface area is 113 Å². The second-order valence-corrected chi connectivity index (χ2v) is 7.38. The van der Waals surface area contributed by atoms with Crippen molar-refractivity contribution in [3.8, 4) is 0 Å². The van der Waals surface area contributed by atoms with Crippen LogP contribution in [0.1, 0.15) is 32.1 Å². The van der Waals surface area contributed by atoms with Crippen LogP contribution in [0.15, 0.2) is 0 Å². The van der Waals surface area contributed by atoms with E-state index in [2.05, 4.69) is 0 Å². The van der Waals surface area contributed by atoms with Crippen LogP contribution in [0.5, 0.6) is 0 Å². The molecule has 1 aliphatic heterocycles. The van der Waals surface area contributed by atoms with Crippen molar-refractivity contribution >= 4 is 16.0 Å². The van der Waals surface area contributed by atoms with Crippen molar-refractivity contribution < 1.29 is 23.1 Å². The van der Waals surface area contributed by atoms with Gasteiger partial charge in [0.25, 0.3) is 0 Å². The van der Waals surface area contributed by atoms with E-state index in [4.69, 9.17) is 4.74 Å². The zero-order valence-electron chi connectivity index (χ0n) is 11.0. The minimum Gasteiger partial charge on any atom is -0.481 e. The minimum absolute atomic E-state index is 0.269. The number of ether oxygens (including phenoxy) is 1. The minimum atomic E-state index is -3.51. The molecule has 0 amide bonds. The maximum absolute atomic E-state index is 12.4. The van der Waals surface area contributed by atoms with Crippen LogP contribution in [0.2, 0.25) is 0 Å². The maximum atomic E-state index is 12.4. The molecule has 0 bridgehead atoms. The van der Waals surface area contributed by atoms with Crippen molar-refractivity contribution in [1.29, 1.82) is 0 Å². The first-order valence-corrected chi connectivity index (χ1v) is 8.36. The Kier molecular flexibility index (Phi) is 4.47. The summed E-state index contributed by atoms with van der Waals surface area (Å²) >= 11 is 0. The average Bonchev–Trinajstić information content (AvgIpc) is 2.40. The molecule has 7 heteroatoms. The first-order chi connectivity index (χ1) is 8.96. The number of hydrogen-bond donors (Lipinski definition) is 1. The highest BCUT2D eigenvalue weighted by Gasteiger charge is 2.45. The number of carbonyl (C=O) groups is 1. The fraction of sp³-hybridized carbons (Fsp3) is 0.917. The van der Waals surface area contributed by atoms with Crippen LogP contribution in [-0.4, -0.2) is 55.9 Å². The SMILES string of the molecule is O=C(O)C1(CS(=O)(=O)N2CCOCC2)CCCCC1. The fourth-order valence-corrected chi connectivity index (χ4v) is 4.91. The number of aliphatic carboxylic acids is 1. The summed E-state index contributed by atoms with van der Waals surface area (Å²) in [5, 5.41) is 9.44. The lowest BCUT2D eigenvalue weighted by Crippen LogP contribution is -2.48. The van der Waals surface area contributed by atoms with Crippen LogP contribution in [0.25, 0.3) is 0 Å². The van der Waals surface area contributed by atoms with E-state index in [9.17, 15) is 18.3 Å². The molecule has 110 valence electrons. The number of morpholine rings is 1. The normalized spacial score (nSPS) is 25.1. The van der Waals surface area contributed by atoms with E-state index in [1.54, 1.807) is 0 Å². The molecule has 0 aromatic heterocycles. The average molecular weight is 291 g/mol. The molecule has 1 N–H and O–H groups in total. The summed E-state index contributed by atoms with van der Waals surface area (Å²) in [5.74, 6) is -1.24. The lowest BCUT2D eigenvalue weighted by molar-refractivity contribution is -0.149. The summed E-state index contributed by atoms with van der Waals surface area (Å²) in [5.41, 5.74) is -1.09. The van der Waals surface area contributed by atoms with Crippen LogP contribution in [0.3, 0.4) is 0 Å². The summed E-state index contributed by atoms with van der Waals surface area (Å²) in [6.07, 6.45) is 3.51. The Bertz CT molecular complexity index is 421. The highest BCUT2D eigenvalue weighted by Crippen LogP contribution is 2.38. The van der Waals surface area contributed by atoms with Gasteiger partial charge in [-0.2, -0.15) is 4.31 Å². The lowest BCUT2D eigenvalue weighted by Gasteiger charge is -2.35. The standard InChI is InChI=1S/C12H21NO5S/c14-11(15)12(4-2-1-3-5-12)10-19(16,17)13-6-8-18-9-7-13/h1-10H2,(H,14,15). The van der Waals surface area contributed by atoms with Crippen molar-refractivity contribution in [3.05, 3.63) is 0 Å². The van der Waals surface area contributed by atoms with Gasteiger partial charge in [-0.05, 0) is 12.8 Å². The van der Waals surface area contributed by atoms with E-state index in [0.717, 1.165) is 19.3 Å². The lowest BCUT2D eigenvalue weighted by atomic mass is 9.76. The molecule has 1 heterocycles. The third kappa shape index (κ3) is 3.27. The van der Waals surface area contributed by atoms with Crippen LogP contribution < -0.4 is 0 Å². The van der Waals surface area contributed by atoms with E-state index in [0.29, 0.717) is 39.1 Å². The van der Waals surface area contributed by atoms with Gasteiger partial charge < -0.3 is 9.84 Å². The molecule has 1 saturated carbocycles. The zero-order chi connectivity index (χ0) is 13.9. The molecular weight excluding hydrogens is 270 g/mol. The summed E-state index contributed by atoms with van der Waals surface area (Å²) in [4.78, 5) is 11.5. The first kappa shape index (κ1) is 14.7. The molecule has 19 heavy (non-hydrogen) atoms. The molecule has 0 unspecified atom stereocenters. The zero-order valence-corrected chi connectivity index (χ0v) is 11.8. The van der Waals surface area contributed by atoms with Gasteiger partial charge in [0.1, 0.15) is 0 Å². The largest absolute Gasteiger partial charge is 0.481 e. The van der Waals surface area contributed by atoms with Gasteiger partial charge in [0.2, 0.25) is 10.0 Å². The van der Waals surface area contributed by atoms with Crippen molar-refractivity contribution in [2.45, 2.75) is 32.1 Å². The molecule has 0 aromatic rings. The van der Waals surface area contributed by atoms with Crippen LogP contribution >= 0.6 is 0 Å². The van der Waals surface area contributed by atoms with Crippen molar-refractivity contribution in [2.24, 2.45) is 5.41 Å². The molecule has 0 radical (unpaired) electrons. The Hall–Kier alpha value is -0.660. The van der Waals surface area contributed by atoms with Gasteiger partial charge in [-0.25, -0.2) is 8.42 Å². The second-order valence-electron chi connectivity index (χ2n) is 5.41. The molecule has 2 rings (SSSR count). The van der Waals surface area contributed by atoms with E-state index in [1.165, 1.54) is 4.31 Å². The van der Waals surface area contributed by atoms with Crippen LogP contribution in [-0.2, 0) is 19.6 Å². The second kappa shape index (κ2) is 5.76. The number of carboxylic acids is 1. The molecule has 2 aliphatic rings. The number of sulfonamides is 1. The third-order valence-electron chi connectivity index (χ3n) is 4.09. The fourth-order valence-electron chi connectivity index (χ4n) is 2.91. The predicted molar refractivity (Wildman–Crippen MR) is 69.3 cm³/mol. The van der Waals surface area contributed by atoms with Crippen LogP contribution in [0, 0.1) is 5.41 Å². The van der Waals surface area contributed by atoms with Gasteiger partial charge in [0.05, 0.1) is 24.4 Å². The van der Waals surface area contributed by atoms with E-state index in [-0.39, 0.29) is 5.75 Å². The topological polar surface area (TPSA) is 83.9 Å². The summed E-state index contributed by atoms with van der Waals surface area (Å²) in [6.45, 7) is 1.44. The number of hydrogen-bond acceptors (Lipinski definition) is 4. The van der Waals surface area contributed by atoms with Gasteiger partial charge in [-0.1, -0.05) is 19.3 Å². The summed E-state index contributed by atoms with van der Waals surface area (Å²) in [7, 11) is -3.51. The maximum Gasteiger partial charge on any atom is 0.310 e. The predicted octanol–water partition coefficient (Wildman–Crippen LogP) is 0.683. The first-order valence-electron chi connectivity index (χ1n) is 6.75. The van der Waals surface area contributed by atoms with Crippen LogP contribution in [0.4, 0.5) is 0 Å². The Morgan fingerprint density at radius 1 is 1.16 bits per heavy atom. The quantitative estimate of drug-likeness (QED) is 0.823.